The predicted molar refractivity (Wildman–Crippen MR) is 41.1 cm³/mol. The number of hydrogen-bond donors (Lipinski definition) is 0. The molecular weight excluding hydrogens is 160 g/mol. The fraction of sp³-hybridized carbons (Fsp3) is 0.250. The van der Waals surface area contributed by atoms with Crippen LogP contribution in [-0.2, 0) is 4.74 Å². The second-order valence-corrected chi connectivity index (χ2v) is 2.32. The summed E-state index contributed by atoms with van der Waals surface area (Å²) in [5.41, 5.74) is -0.0417. The van der Waals surface area contributed by atoms with E-state index in [0.29, 0.717) is 5.56 Å². The normalized spacial score (nSPS) is 9.50. The standard InChI is InChI=1S/C8H8O4/c1-5-3-6(7(9)11-2)8(10)12-4-5/h3-4H,1-2H3. The quantitative estimate of drug-likeness (QED) is 0.580. The van der Waals surface area contributed by atoms with Gasteiger partial charge in [0, 0.05) is 0 Å². The molecule has 0 saturated heterocycles. The van der Waals surface area contributed by atoms with Gasteiger partial charge in [-0.1, -0.05) is 0 Å². The second-order valence-electron chi connectivity index (χ2n) is 2.32. The van der Waals surface area contributed by atoms with Crippen LogP contribution in [0.15, 0.2) is 21.5 Å². The zero-order valence-electron chi connectivity index (χ0n) is 6.79. The molecule has 1 heterocycles. The van der Waals surface area contributed by atoms with Gasteiger partial charge in [-0.15, -0.1) is 0 Å². The van der Waals surface area contributed by atoms with E-state index < -0.39 is 11.6 Å². The van der Waals surface area contributed by atoms with Gasteiger partial charge < -0.3 is 9.15 Å². The van der Waals surface area contributed by atoms with E-state index >= 15 is 0 Å². The molecule has 0 N–H and O–H groups in total. The Morgan fingerprint density at radius 3 is 2.83 bits per heavy atom. The Balaban J connectivity index is 3.23. The topological polar surface area (TPSA) is 56.5 Å². The minimum atomic E-state index is -0.674. The lowest BCUT2D eigenvalue weighted by atomic mass is 10.2. The van der Waals surface area contributed by atoms with Crippen molar-refractivity contribution in [2.75, 3.05) is 7.11 Å². The zero-order chi connectivity index (χ0) is 9.14. The number of rotatable bonds is 1. The molecule has 0 radical (unpaired) electrons. The molecule has 0 atom stereocenters. The molecule has 0 aliphatic rings. The fourth-order valence-electron chi connectivity index (χ4n) is 0.783. The first-order valence-corrected chi connectivity index (χ1v) is 3.33. The Hall–Kier alpha value is -1.58. The van der Waals surface area contributed by atoms with Crippen molar-refractivity contribution in [1.82, 2.24) is 0 Å². The molecule has 64 valence electrons. The van der Waals surface area contributed by atoms with Gasteiger partial charge in [0.2, 0.25) is 0 Å². The fourth-order valence-corrected chi connectivity index (χ4v) is 0.783. The van der Waals surface area contributed by atoms with Crippen LogP contribution in [0.1, 0.15) is 15.9 Å². The molecule has 0 unspecified atom stereocenters. The van der Waals surface area contributed by atoms with Gasteiger partial charge >= 0.3 is 11.6 Å². The number of carbonyl (C=O) groups excluding carboxylic acids is 1. The van der Waals surface area contributed by atoms with Crippen molar-refractivity contribution in [3.05, 3.63) is 33.9 Å². The molecule has 1 rings (SSSR count). The SMILES string of the molecule is COC(=O)c1cc(C)coc1=O. The minimum Gasteiger partial charge on any atom is -0.465 e. The van der Waals surface area contributed by atoms with Crippen molar-refractivity contribution in [2.45, 2.75) is 6.92 Å². The molecule has 4 heteroatoms. The lowest BCUT2D eigenvalue weighted by molar-refractivity contribution is 0.0595. The van der Waals surface area contributed by atoms with Gasteiger partial charge in [0.05, 0.1) is 13.4 Å². The molecule has 0 spiro atoms. The third-order valence-electron chi connectivity index (χ3n) is 1.35. The zero-order valence-corrected chi connectivity index (χ0v) is 6.79. The average Bonchev–Trinajstić information content (AvgIpc) is 2.08. The van der Waals surface area contributed by atoms with Gasteiger partial charge in [-0.3, -0.25) is 0 Å². The lowest BCUT2D eigenvalue weighted by Crippen LogP contribution is -2.14. The third-order valence-corrected chi connectivity index (χ3v) is 1.35. The smallest absolute Gasteiger partial charge is 0.350 e. The maximum atomic E-state index is 10.9. The maximum Gasteiger partial charge on any atom is 0.350 e. The summed E-state index contributed by atoms with van der Waals surface area (Å²) in [6, 6.07) is 1.43. The number of hydrogen-bond acceptors (Lipinski definition) is 4. The minimum absolute atomic E-state index is 0.0718. The summed E-state index contributed by atoms with van der Waals surface area (Å²) in [4.78, 5) is 21.8. The first-order valence-electron chi connectivity index (χ1n) is 3.33. The molecule has 1 aromatic rings. The van der Waals surface area contributed by atoms with E-state index in [-0.39, 0.29) is 5.56 Å². The number of ether oxygens (including phenoxy) is 1. The molecule has 0 fully saturated rings. The van der Waals surface area contributed by atoms with Crippen LogP contribution in [0.2, 0.25) is 0 Å². The maximum absolute atomic E-state index is 10.9. The van der Waals surface area contributed by atoms with Crippen LogP contribution in [0.5, 0.6) is 0 Å². The molecular formula is C8H8O4. The van der Waals surface area contributed by atoms with E-state index in [1.54, 1.807) is 6.92 Å². The van der Waals surface area contributed by atoms with Crippen molar-refractivity contribution in [3.8, 4) is 0 Å². The highest BCUT2D eigenvalue weighted by Gasteiger charge is 2.11. The molecule has 0 aliphatic heterocycles. The number of esters is 1. The Labute approximate surface area is 68.8 Å². The van der Waals surface area contributed by atoms with Crippen LogP contribution in [0, 0.1) is 6.92 Å². The molecule has 0 saturated carbocycles. The van der Waals surface area contributed by atoms with Crippen molar-refractivity contribution in [1.29, 1.82) is 0 Å². The Morgan fingerprint density at radius 2 is 2.25 bits per heavy atom. The van der Waals surface area contributed by atoms with Gasteiger partial charge in [0.1, 0.15) is 5.56 Å². The lowest BCUT2D eigenvalue weighted by Gasteiger charge is -1.96. The molecule has 12 heavy (non-hydrogen) atoms. The molecule has 0 amide bonds. The van der Waals surface area contributed by atoms with Crippen molar-refractivity contribution >= 4 is 5.97 Å². The summed E-state index contributed by atoms with van der Waals surface area (Å²) in [5.74, 6) is -0.674. The largest absolute Gasteiger partial charge is 0.465 e. The number of aryl methyl sites for hydroxylation is 1. The van der Waals surface area contributed by atoms with Crippen LogP contribution >= 0.6 is 0 Å². The van der Waals surface area contributed by atoms with Crippen LogP contribution in [0.25, 0.3) is 0 Å². The molecule has 0 aliphatic carbocycles. The highest BCUT2D eigenvalue weighted by atomic mass is 16.5. The van der Waals surface area contributed by atoms with E-state index in [0.717, 1.165) is 0 Å². The van der Waals surface area contributed by atoms with Gasteiger partial charge in [-0.25, -0.2) is 9.59 Å². The van der Waals surface area contributed by atoms with Crippen molar-refractivity contribution in [3.63, 3.8) is 0 Å². The first-order chi connectivity index (χ1) is 5.65. The van der Waals surface area contributed by atoms with Gasteiger partial charge in [-0.2, -0.15) is 0 Å². The number of methoxy groups -OCH3 is 1. The summed E-state index contributed by atoms with van der Waals surface area (Å²) < 4.78 is 8.93. The van der Waals surface area contributed by atoms with Gasteiger partial charge in [-0.05, 0) is 18.6 Å². The molecule has 1 aromatic heterocycles. The molecule has 0 aromatic carbocycles. The van der Waals surface area contributed by atoms with E-state index in [1.165, 1.54) is 19.4 Å². The summed E-state index contributed by atoms with van der Waals surface area (Å²) in [7, 11) is 1.21. The van der Waals surface area contributed by atoms with Crippen molar-refractivity contribution in [2.24, 2.45) is 0 Å². The van der Waals surface area contributed by atoms with E-state index in [4.69, 9.17) is 0 Å². The Morgan fingerprint density at radius 1 is 1.58 bits per heavy atom. The van der Waals surface area contributed by atoms with Crippen molar-refractivity contribution < 1.29 is 13.9 Å². The van der Waals surface area contributed by atoms with E-state index in [1.807, 2.05) is 0 Å². The highest BCUT2D eigenvalue weighted by molar-refractivity contribution is 5.88. The van der Waals surface area contributed by atoms with Gasteiger partial charge in [0.25, 0.3) is 0 Å². The Bertz CT molecular complexity index is 350. The average molecular weight is 168 g/mol. The summed E-state index contributed by atoms with van der Waals surface area (Å²) >= 11 is 0. The summed E-state index contributed by atoms with van der Waals surface area (Å²) in [5, 5.41) is 0. The van der Waals surface area contributed by atoms with Crippen LogP contribution in [-0.4, -0.2) is 13.1 Å². The summed E-state index contributed by atoms with van der Waals surface area (Å²) in [6.07, 6.45) is 1.29. The van der Waals surface area contributed by atoms with Crippen LogP contribution in [0.4, 0.5) is 0 Å². The third kappa shape index (κ3) is 1.53. The Kier molecular flexibility index (Phi) is 2.28. The van der Waals surface area contributed by atoms with Crippen LogP contribution in [0.3, 0.4) is 0 Å². The molecule has 4 nitrogen and oxygen atoms in total. The van der Waals surface area contributed by atoms with Crippen LogP contribution < -0.4 is 5.63 Å². The van der Waals surface area contributed by atoms with E-state index in [2.05, 4.69) is 9.15 Å². The van der Waals surface area contributed by atoms with E-state index in [9.17, 15) is 9.59 Å². The summed E-state index contributed by atoms with van der Waals surface area (Å²) in [6.45, 7) is 1.72. The van der Waals surface area contributed by atoms with Gasteiger partial charge in [0.15, 0.2) is 0 Å². The first kappa shape index (κ1) is 8.52. The number of carbonyl (C=O) groups is 1. The monoisotopic (exact) mass is 168 g/mol. The highest BCUT2D eigenvalue weighted by Crippen LogP contribution is 1.99. The molecule has 0 bridgehead atoms. The predicted octanol–water partition coefficient (Wildman–Crippen LogP) is 0.735. The second kappa shape index (κ2) is 3.21.